The van der Waals surface area contributed by atoms with Crippen molar-refractivity contribution in [1.82, 2.24) is 16.0 Å². The summed E-state index contributed by atoms with van der Waals surface area (Å²) >= 11 is 0. The minimum atomic E-state index is -0.710. The van der Waals surface area contributed by atoms with Crippen LogP contribution < -0.4 is 21.7 Å². The highest BCUT2D eigenvalue weighted by Gasteiger charge is 2.25. The molecule has 0 spiro atoms. The van der Waals surface area contributed by atoms with Gasteiger partial charge in [-0.3, -0.25) is 9.59 Å². The van der Waals surface area contributed by atoms with E-state index in [-0.39, 0.29) is 23.8 Å². The van der Waals surface area contributed by atoms with Crippen LogP contribution in [0.1, 0.15) is 33.1 Å². The van der Waals surface area contributed by atoms with E-state index in [4.69, 9.17) is 5.73 Å². The van der Waals surface area contributed by atoms with Gasteiger partial charge in [0.05, 0.1) is 0 Å². The molecule has 0 bridgehead atoms. The summed E-state index contributed by atoms with van der Waals surface area (Å²) in [6, 6.07) is -1.43. The average Bonchev–Trinajstić information content (AvgIpc) is 2.30. The van der Waals surface area contributed by atoms with Crippen molar-refractivity contribution in [3.63, 3.8) is 0 Å². The van der Waals surface area contributed by atoms with Gasteiger partial charge in [-0.1, -0.05) is 13.8 Å². The third-order valence-corrected chi connectivity index (χ3v) is 2.95. The molecule has 1 saturated heterocycles. The molecule has 1 aliphatic heterocycles. The van der Waals surface area contributed by atoms with Gasteiger partial charge < -0.3 is 21.7 Å². The van der Waals surface area contributed by atoms with Crippen molar-refractivity contribution in [2.45, 2.75) is 45.2 Å². The molecular weight excluding hydrogens is 248 g/mol. The molecule has 1 rings (SSSR count). The van der Waals surface area contributed by atoms with Gasteiger partial charge in [-0.25, -0.2) is 4.79 Å². The first kappa shape index (κ1) is 15.3. The minimum Gasteiger partial charge on any atom is -0.354 e. The molecule has 0 aliphatic carbocycles. The summed E-state index contributed by atoms with van der Waals surface area (Å²) in [5, 5.41) is 7.97. The van der Waals surface area contributed by atoms with Gasteiger partial charge in [-0.2, -0.15) is 0 Å². The van der Waals surface area contributed by atoms with Crippen LogP contribution in [-0.4, -0.2) is 36.5 Å². The van der Waals surface area contributed by atoms with E-state index in [2.05, 4.69) is 16.0 Å². The van der Waals surface area contributed by atoms with Gasteiger partial charge >= 0.3 is 6.03 Å². The summed E-state index contributed by atoms with van der Waals surface area (Å²) in [7, 11) is 0. The Bertz CT molecular complexity index is 347. The van der Waals surface area contributed by atoms with Crippen LogP contribution in [0.2, 0.25) is 0 Å². The highest BCUT2D eigenvalue weighted by Crippen LogP contribution is 2.07. The number of carbonyl (C=O) groups excluding carboxylic acids is 3. The Morgan fingerprint density at radius 2 is 2.16 bits per heavy atom. The van der Waals surface area contributed by atoms with Crippen molar-refractivity contribution < 1.29 is 14.4 Å². The first-order valence-electron chi connectivity index (χ1n) is 6.51. The molecule has 0 aromatic rings. The molecule has 0 aromatic carbocycles. The Hall–Kier alpha value is -1.79. The molecule has 0 saturated carbocycles. The van der Waals surface area contributed by atoms with Crippen molar-refractivity contribution in [2.75, 3.05) is 6.54 Å². The lowest BCUT2D eigenvalue weighted by atomic mass is 10.0. The number of hydrogen-bond acceptors (Lipinski definition) is 3. The Labute approximate surface area is 112 Å². The zero-order valence-corrected chi connectivity index (χ0v) is 11.4. The predicted molar refractivity (Wildman–Crippen MR) is 70.1 cm³/mol. The number of urea groups is 1. The number of primary amides is 1. The molecule has 0 aromatic heterocycles. The predicted octanol–water partition coefficient (Wildman–Crippen LogP) is -0.536. The van der Waals surface area contributed by atoms with Crippen molar-refractivity contribution >= 4 is 17.8 Å². The van der Waals surface area contributed by atoms with E-state index in [9.17, 15) is 14.4 Å². The zero-order valence-electron chi connectivity index (χ0n) is 11.4. The van der Waals surface area contributed by atoms with Crippen LogP contribution in [0, 0.1) is 5.92 Å². The quantitative estimate of drug-likeness (QED) is 0.538. The third kappa shape index (κ3) is 5.58. The maximum absolute atomic E-state index is 12.1. The number of nitrogens with one attached hydrogen (secondary N) is 3. The van der Waals surface area contributed by atoms with Crippen LogP contribution in [-0.2, 0) is 9.59 Å². The van der Waals surface area contributed by atoms with Crippen molar-refractivity contribution in [3.8, 4) is 0 Å². The number of amides is 4. The second kappa shape index (κ2) is 6.96. The Kier molecular flexibility index (Phi) is 5.59. The Morgan fingerprint density at radius 3 is 2.63 bits per heavy atom. The highest BCUT2D eigenvalue weighted by atomic mass is 16.2. The molecule has 2 unspecified atom stereocenters. The van der Waals surface area contributed by atoms with Crippen LogP contribution in [0.5, 0.6) is 0 Å². The summed E-state index contributed by atoms with van der Waals surface area (Å²) in [4.78, 5) is 34.0. The SMILES string of the molecule is CC(C)CC(NC(N)=O)C(=O)NC1CCC(=O)NC1. The zero-order chi connectivity index (χ0) is 14.4. The van der Waals surface area contributed by atoms with Gasteiger partial charge in [0.1, 0.15) is 6.04 Å². The largest absolute Gasteiger partial charge is 0.354 e. The van der Waals surface area contributed by atoms with E-state index in [1.54, 1.807) is 0 Å². The Balaban J connectivity index is 2.50. The summed E-state index contributed by atoms with van der Waals surface area (Å²) in [5.41, 5.74) is 5.07. The summed E-state index contributed by atoms with van der Waals surface area (Å²) in [6.07, 6.45) is 1.54. The van der Waals surface area contributed by atoms with Crippen molar-refractivity contribution in [3.05, 3.63) is 0 Å². The monoisotopic (exact) mass is 270 g/mol. The number of carbonyl (C=O) groups is 3. The minimum absolute atomic E-state index is 0.000472. The first-order chi connectivity index (χ1) is 8.88. The van der Waals surface area contributed by atoms with Crippen LogP contribution >= 0.6 is 0 Å². The lowest BCUT2D eigenvalue weighted by Gasteiger charge is -2.26. The maximum Gasteiger partial charge on any atom is 0.312 e. The van der Waals surface area contributed by atoms with E-state index in [0.717, 1.165) is 0 Å². The van der Waals surface area contributed by atoms with Gasteiger partial charge in [0.25, 0.3) is 0 Å². The Morgan fingerprint density at radius 1 is 1.47 bits per heavy atom. The fraction of sp³-hybridized carbons (Fsp3) is 0.750. The highest BCUT2D eigenvalue weighted by molar-refractivity contribution is 5.87. The summed E-state index contributed by atoms with van der Waals surface area (Å²) < 4.78 is 0. The summed E-state index contributed by atoms with van der Waals surface area (Å²) in [5.74, 6) is 0.00166. The van der Waals surface area contributed by atoms with Gasteiger partial charge in [-0.05, 0) is 18.8 Å². The molecule has 19 heavy (non-hydrogen) atoms. The van der Waals surface area contributed by atoms with Gasteiger partial charge in [-0.15, -0.1) is 0 Å². The van der Waals surface area contributed by atoms with Crippen molar-refractivity contribution in [2.24, 2.45) is 11.7 Å². The van der Waals surface area contributed by atoms with Crippen LogP contribution in [0.3, 0.4) is 0 Å². The molecule has 2 atom stereocenters. The number of nitrogens with two attached hydrogens (primary N) is 1. The number of hydrogen-bond donors (Lipinski definition) is 4. The molecule has 7 heteroatoms. The number of rotatable bonds is 5. The van der Waals surface area contributed by atoms with E-state index in [1.165, 1.54) is 0 Å². The van der Waals surface area contributed by atoms with Gasteiger partial charge in [0.2, 0.25) is 11.8 Å². The molecule has 108 valence electrons. The second-order valence-electron chi connectivity index (χ2n) is 5.24. The second-order valence-corrected chi connectivity index (χ2v) is 5.24. The normalized spacial score (nSPS) is 20.6. The fourth-order valence-electron chi connectivity index (χ4n) is 2.03. The molecule has 7 nitrogen and oxygen atoms in total. The van der Waals surface area contributed by atoms with E-state index in [1.807, 2.05) is 13.8 Å². The average molecular weight is 270 g/mol. The molecule has 5 N–H and O–H groups in total. The fourth-order valence-corrected chi connectivity index (χ4v) is 2.03. The van der Waals surface area contributed by atoms with E-state index < -0.39 is 12.1 Å². The standard InChI is InChI=1S/C12H22N4O3/c1-7(2)5-9(16-12(13)19)11(18)15-8-3-4-10(17)14-6-8/h7-9H,3-6H2,1-2H3,(H,14,17)(H,15,18)(H3,13,16,19). The molecule has 1 aliphatic rings. The lowest BCUT2D eigenvalue weighted by molar-refractivity contribution is -0.126. The van der Waals surface area contributed by atoms with Crippen LogP contribution in [0.15, 0.2) is 0 Å². The van der Waals surface area contributed by atoms with Crippen molar-refractivity contribution in [1.29, 1.82) is 0 Å². The van der Waals surface area contributed by atoms with Crippen LogP contribution in [0.4, 0.5) is 4.79 Å². The lowest BCUT2D eigenvalue weighted by Crippen LogP contribution is -2.54. The van der Waals surface area contributed by atoms with Crippen LogP contribution in [0.25, 0.3) is 0 Å². The smallest absolute Gasteiger partial charge is 0.312 e. The summed E-state index contributed by atoms with van der Waals surface area (Å²) in [6.45, 7) is 4.35. The molecule has 0 radical (unpaired) electrons. The van der Waals surface area contributed by atoms with E-state index >= 15 is 0 Å². The topological polar surface area (TPSA) is 113 Å². The molecular formula is C12H22N4O3. The molecule has 4 amide bonds. The molecule has 1 fully saturated rings. The first-order valence-corrected chi connectivity index (χ1v) is 6.51. The van der Waals surface area contributed by atoms with Gasteiger partial charge in [0.15, 0.2) is 0 Å². The van der Waals surface area contributed by atoms with E-state index in [0.29, 0.717) is 25.8 Å². The van der Waals surface area contributed by atoms with Gasteiger partial charge in [0, 0.05) is 19.0 Å². The maximum atomic E-state index is 12.1. The number of piperidine rings is 1. The molecule has 1 heterocycles. The third-order valence-electron chi connectivity index (χ3n) is 2.95.